The molecule has 2 N–H and O–H groups in total. The second kappa shape index (κ2) is 4.63. The Morgan fingerprint density at radius 3 is 2.62 bits per heavy atom. The molecule has 1 aliphatic heterocycles. The molecule has 1 aliphatic carbocycles. The van der Waals surface area contributed by atoms with E-state index in [4.69, 9.17) is 0 Å². The standard InChI is InChI=1S/C11H22N2O2S/c1-12-16(14,15)8-10-7-13-9-11(10)5-3-2-4-6-11/h10,12-13H,2-9H2,1H3. The second-order valence-electron chi connectivity index (χ2n) is 5.24. The van der Waals surface area contributed by atoms with Crippen LogP contribution in [0.3, 0.4) is 0 Å². The van der Waals surface area contributed by atoms with Crippen LogP contribution in [0.15, 0.2) is 0 Å². The Balaban J connectivity index is 2.08. The Labute approximate surface area is 98.2 Å². The van der Waals surface area contributed by atoms with Crippen LogP contribution in [0.4, 0.5) is 0 Å². The Kier molecular flexibility index (Phi) is 3.56. The van der Waals surface area contributed by atoms with Gasteiger partial charge in [-0.2, -0.15) is 0 Å². The number of hydrogen-bond acceptors (Lipinski definition) is 3. The molecule has 1 saturated carbocycles. The summed E-state index contributed by atoms with van der Waals surface area (Å²) in [5.74, 6) is 0.585. The molecule has 16 heavy (non-hydrogen) atoms. The molecule has 1 spiro atoms. The average molecular weight is 246 g/mol. The summed E-state index contributed by atoms with van der Waals surface area (Å²) < 4.78 is 25.7. The molecule has 0 aromatic rings. The molecule has 1 heterocycles. The highest BCUT2D eigenvalue weighted by atomic mass is 32.2. The van der Waals surface area contributed by atoms with E-state index in [1.807, 2.05) is 0 Å². The lowest BCUT2D eigenvalue weighted by Crippen LogP contribution is -2.38. The highest BCUT2D eigenvalue weighted by Gasteiger charge is 2.44. The number of hydrogen-bond donors (Lipinski definition) is 2. The van der Waals surface area contributed by atoms with Crippen LogP contribution in [0.25, 0.3) is 0 Å². The number of nitrogens with one attached hydrogen (secondary N) is 2. The van der Waals surface area contributed by atoms with Gasteiger partial charge in [0.1, 0.15) is 0 Å². The molecule has 2 rings (SSSR count). The third-order valence-electron chi connectivity index (χ3n) is 4.31. The molecule has 0 bridgehead atoms. The molecular weight excluding hydrogens is 224 g/mol. The van der Waals surface area contributed by atoms with Crippen molar-refractivity contribution in [2.24, 2.45) is 11.3 Å². The normalized spacial score (nSPS) is 29.7. The molecule has 1 saturated heterocycles. The fourth-order valence-electron chi connectivity index (χ4n) is 3.28. The van der Waals surface area contributed by atoms with E-state index in [0.717, 1.165) is 13.1 Å². The lowest BCUT2D eigenvalue weighted by Gasteiger charge is -2.38. The van der Waals surface area contributed by atoms with Crippen molar-refractivity contribution in [1.82, 2.24) is 10.0 Å². The first kappa shape index (κ1) is 12.3. The third kappa shape index (κ3) is 2.41. The fraction of sp³-hybridized carbons (Fsp3) is 1.00. The largest absolute Gasteiger partial charge is 0.316 e. The van der Waals surface area contributed by atoms with Crippen LogP contribution < -0.4 is 10.0 Å². The Hall–Kier alpha value is -0.130. The number of sulfonamides is 1. The fourth-order valence-corrected chi connectivity index (χ4v) is 4.45. The minimum atomic E-state index is -3.07. The molecule has 94 valence electrons. The maximum absolute atomic E-state index is 11.6. The molecule has 0 radical (unpaired) electrons. The molecule has 4 nitrogen and oxygen atoms in total. The summed E-state index contributed by atoms with van der Waals surface area (Å²) in [6.45, 7) is 1.87. The summed E-state index contributed by atoms with van der Waals surface area (Å²) in [6.07, 6.45) is 6.23. The first-order valence-corrected chi connectivity index (χ1v) is 7.85. The van der Waals surface area contributed by atoms with Gasteiger partial charge in [-0.15, -0.1) is 0 Å². The van der Waals surface area contributed by atoms with Gasteiger partial charge in [0.2, 0.25) is 10.0 Å². The lowest BCUT2D eigenvalue weighted by atomic mass is 9.68. The van der Waals surface area contributed by atoms with E-state index in [0.29, 0.717) is 5.92 Å². The van der Waals surface area contributed by atoms with E-state index < -0.39 is 10.0 Å². The summed E-state index contributed by atoms with van der Waals surface area (Å²) in [6, 6.07) is 0. The maximum atomic E-state index is 11.6. The van der Waals surface area contributed by atoms with Gasteiger partial charge < -0.3 is 5.32 Å². The molecule has 0 aromatic heterocycles. The van der Waals surface area contributed by atoms with Gasteiger partial charge in [-0.05, 0) is 37.8 Å². The summed E-state index contributed by atoms with van der Waals surface area (Å²) in [5.41, 5.74) is 0.266. The van der Waals surface area contributed by atoms with Crippen molar-refractivity contribution in [1.29, 1.82) is 0 Å². The highest BCUT2D eigenvalue weighted by molar-refractivity contribution is 7.89. The van der Waals surface area contributed by atoms with E-state index in [1.54, 1.807) is 0 Å². The van der Waals surface area contributed by atoms with Gasteiger partial charge in [-0.25, -0.2) is 13.1 Å². The smallest absolute Gasteiger partial charge is 0.211 e. The molecule has 2 fully saturated rings. The molecule has 1 atom stereocenters. The quantitative estimate of drug-likeness (QED) is 0.771. The van der Waals surface area contributed by atoms with Crippen LogP contribution in [-0.4, -0.2) is 34.3 Å². The first-order chi connectivity index (χ1) is 7.58. The van der Waals surface area contributed by atoms with Gasteiger partial charge >= 0.3 is 0 Å². The minimum Gasteiger partial charge on any atom is -0.316 e. The van der Waals surface area contributed by atoms with E-state index in [9.17, 15) is 8.42 Å². The summed E-state index contributed by atoms with van der Waals surface area (Å²) >= 11 is 0. The zero-order valence-electron chi connectivity index (χ0n) is 9.96. The van der Waals surface area contributed by atoms with Gasteiger partial charge in [-0.1, -0.05) is 19.3 Å². The molecule has 2 aliphatic rings. The van der Waals surface area contributed by atoms with Crippen molar-refractivity contribution in [2.45, 2.75) is 32.1 Å². The van der Waals surface area contributed by atoms with Gasteiger partial charge in [0.15, 0.2) is 0 Å². The van der Waals surface area contributed by atoms with Crippen molar-refractivity contribution >= 4 is 10.0 Å². The zero-order chi connectivity index (χ0) is 11.6. The monoisotopic (exact) mass is 246 g/mol. The van der Waals surface area contributed by atoms with Crippen molar-refractivity contribution in [2.75, 3.05) is 25.9 Å². The van der Waals surface area contributed by atoms with Crippen molar-refractivity contribution in [3.8, 4) is 0 Å². The summed E-state index contributed by atoms with van der Waals surface area (Å²) in [4.78, 5) is 0. The van der Waals surface area contributed by atoms with Crippen LogP contribution in [0.5, 0.6) is 0 Å². The Bertz CT molecular complexity index is 334. The van der Waals surface area contributed by atoms with Crippen LogP contribution in [0, 0.1) is 11.3 Å². The summed E-state index contributed by atoms with van der Waals surface area (Å²) in [5, 5.41) is 3.39. The van der Waals surface area contributed by atoms with Gasteiger partial charge in [0, 0.05) is 6.54 Å². The van der Waals surface area contributed by atoms with Crippen LogP contribution >= 0.6 is 0 Å². The Morgan fingerprint density at radius 1 is 1.31 bits per heavy atom. The van der Waals surface area contributed by atoms with Crippen LogP contribution in [-0.2, 0) is 10.0 Å². The van der Waals surface area contributed by atoms with Crippen LogP contribution in [0.1, 0.15) is 32.1 Å². The first-order valence-electron chi connectivity index (χ1n) is 6.20. The molecule has 1 unspecified atom stereocenters. The predicted molar refractivity (Wildman–Crippen MR) is 64.7 cm³/mol. The van der Waals surface area contributed by atoms with Gasteiger partial charge in [0.05, 0.1) is 5.75 Å². The molecule has 0 amide bonds. The summed E-state index contributed by atoms with van der Waals surface area (Å²) in [7, 11) is -1.56. The van der Waals surface area contributed by atoms with Crippen molar-refractivity contribution < 1.29 is 8.42 Å². The van der Waals surface area contributed by atoms with E-state index in [-0.39, 0.29) is 11.2 Å². The van der Waals surface area contributed by atoms with Gasteiger partial charge in [0.25, 0.3) is 0 Å². The van der Waals surface area contributed by atoms with Crippen molar-refractivity contribution in [3.63, 3.8) is 0 Å². The minimum absolute atomic E-state index is 0.266. The average Bonchev–Trinajstić information content (AvgIpc) is 2.62. The van der Waals surface area contributed by atoms with Crippen molar-refractivity contribution in [3.05, 3.63) is 0 Å². The van der Waals surface area contributed by atoms with Gasteiger partial charge in [-0.3, -0.25) is 0 Å². The lowest BCUT2D eigenvalue weighted by molar-refractivity contribution is 0.160. The predicted octanol–water partition coefficient (Wildman–Crippen LogP) is 0.705. The maximum Gasteiger partial charge on any atom is 0.211 e. The third-order valence-corrected chi connectivity index (χ3v) is 5.78. The molecule has 5 heteroatoms. The van der Waals surface area contributed by atoms with E-state index >= 15 is 0 Å². The zero-order valence-corrected chi connectivity index (χ0v) is 10.8. The second-order valence-corrected chi connectivity index (χ2v) is 7.21. The van der Waals surface area contributed by atoms with E-state index in [2.05, 4.69) is 10.0 Å². The van der Waals surface area contributed by atoms with E-state index in [1.165, 1.54) is 39.2 Å². The highest BCUT2D eigenvalue weighted by Crippen LogP contribution is 2.45. The van der Waals surface area contributed by atoms with Crippen LogP contribution in [0.2, 0.25) is 0 Å². The molecular formula is C11H22N2O2S. The topological polar surface area (TPSA) is 58.2 Å². The Morgan fingerprint density at radius 2 is 2.00 bits per heavy atom. The molecule has 0 aromatic carbocycles. The SMILES string of the molecule is CNS(=O)(=O)CC1CNCC12CCCCC2. The number of rotatable bonds is 3.